The van der Waals surface area contributed by atoms with Gasteiger partial charge in [-0.25, -0.2) is 9.97 Å². The molecule has 2 atom stereocenters. The molecule has 1 saturated heterocycles. The van der Waals surface area contributed by atoms with Crippen molar-refractivity contribution in [3.63, 3.8) is 0 Å². The number of amidine groups is 1. The van der Waals surface area contributed by atoms with Crippen LogP contribution in [0.2, 0.25) is 0 Å². The van der Waals surface area contributed by atoms with Gasteiger partial charge in [0.15, 0.2) is 5.17 Å². The molecule has 3 aromatic rings. The first-order valence-electron chi connectivity index (χ1n) is 10.8. The summed E-state index contributed by atoms with van der Waals surface area (Å²) in [5, 5.41) is 12.6. The molecule has 3 aliphatic heterocycles. The zero-order valence-corrected chi connectivity index (χ0v) is 17.9. The molecule has 0 saturated carbocycles. The summed E-state index contributed by atoms with van der Waals surface area (Å²) in [5.74, 6) is 0.714. The van der Waals surface area contributed by atoms with Crippen molar-refractivity contribution in [2.24, 2.45) is 4.99 Å². The van der Waals surface area contributed by atoms with Crippen LogP contribution in [0.5, 0.6) is 0 Å². The summed E-state index contributed by atoms with van der Waals surface area (Å²) in [6.45, 7) is 2.08. The molecule has 156 valence electrons. The molecule has 0 radical (unpaired) electrons. The van der Waals surface area contributed by atoms with E-state index < -0.39 is 0 Å². The van der Waals surface area contributed by atoms with Crippen molar-refractivity contribution in [3.8, 4) is 0 Å². The van der Waals surface area contributed by atoms with E-state index in [1.165, 1.54) is 16.3 Å². The number of rotatable bonds is 4. The van der Waals surface area contributed by atoms with Gasteiger partial charge in [-0.05, 0) is 59.8 Å². The van der Waals surface area contributed by atoms with Crippen molar-refractivity contribution in [1.82, 2.24) is 20.2 Å². The van der Waals surface area contributed by atoms with Gasteiger partial charge in [0.05, 0.1) is 5.69 Å². The molecule has 7 heteroatoms. The molecule has 1 aromatic heterocycles. The fraction of sp³-hybridized carbons (Fsp3) is 0.292. The highest BCUT2D eigenvalue weighted by Gasteiger charge is 2.40. The van der Waals surface area contributed by atoms with Crippen molar-refractivity contribution in [2.75, 3.05) is 18.4 Å². The van der Waals surface area contributed by atoms with Crippen molar-refractivity contribution in [1.29, 1.82) is 0 Å². The Bertz CT molecular complexity index is 1170. The number of thioether (sulfide) groups is 1. The van der Waals surface area contributed by atoms with E-state index >= 15 is 0 Å². The molecule has 4 heterocycles. The summed E-state index contributed by atoms with van der Waals surface area (Å²) in [5.41, 5.74) is 2.21. The van der Waals surface area contributed by atoms with E-state index in [4.69, 9.17) is 9.98 Å². The van der Waals surface area contributed by atoms with Crippen LogP contribution in [0.15, 0.2) is 71.3 Å². The van der Waals surface area contributed by atoms with Crippen LogP contribution in [0.1, 0.15) is 36.2 Å². The Hall–Kier alpha value is -2.90. The molecule has 0 amide bonds. The lowest BCUT2D eigenvalue weighted by Gasteiger charge is -2.26. The van der Waals surface area contributed by atoms with E-state index in [2.05, 4.69) is 74.6 Å². The van der Waals surface area contributed by atoms with Crippen LogP contribution in [0.25, 0.3) is 10.8 Å². The van der Waals surface area contributed by atoms with Gasteiger partial charge in [0.1, 0.15) is 12.1 Å². The first-order valence-corrected chi connectivity index (χ1v) is 11.7. The predicted octanol–water partition coefficient (Wildman–Crippen LogP) is 4.47. The summed E-state index contributed by atoms with van der Waals surface area (Å²) >= 11 is 1.68. The highest BCUT2D eigenvalue weighted by molar-refractivity contribution is 8.16. The lowest BCUT2D eigenvalue weighted by molar-refractivity contribution is 0.392. The second-order valence-corrected chi connectivity index (χ2v) is 9.06. The van der Waals surface area contributed by atoms with Crippen LogP contribution in [0.3, 0.4) is 0 Å². The Morgan fingerprint density at radius 2 is 1.90 bits per heavy atom. The predicted molar refractivity (Wildman–Crippen MR) is 127 cm³/mol. The highest BCUT2D eigenvalue weighted by Crippen LogP contribution is 2.46. The van der Waals surface area contributed by atoms with Gasteiger partial charge in [-0.2, -0.15) is 0 Å². The van der Waals surface area contributed by atoms with E-state index in [0.717, 1.165) is 36.8 Å². The molecule has 0 aliphatic carbocycles. The monoisotopic (exact) mass is 428 g/mol. The summed E-state index contributed by atoms with van der Waals surface area (Å²) in [6, 6.07) is 17.6. The lowest BCUT2D eigenvalue weighted by Crippen LogP contribution is -2.35. The summed E-state index contributed by atoms with van der Waals surface area (Å²) in [7, 11) is 0. The van der Waals surface area contributed by atoms with Gasteiger partial charge in [0.2, 0.25) is 5.95 Å². The van der Waals surface area contributed by atoms with Crippen LogP contribution in [-0.2, 0) is 0 Å². The highest BCUT2D eigenvalue weighted by atomic mass is 32.2. The number of piperidine rings is 1. The van der Waals surface area contributed by atoms with Gasteiger partial charge < -0.3 is 15.5 Å². The Morgan fingerprint density at radius 3 is 2.81 bits per heavy atom. The van der Waals surface area contributed by atoms with E-state index in [1.807, 2.05) is 12.3 Å². The fourth-order valence-corrected chi connectivity index (χ4v) is 5.42. The average molecular weight is 429 g/mol. The number of aromatic nitrogens is 2. The Kier molecular flexibility index (Phi) is 4.85. The summed E-state index contributed by atoms with van der Waals surface area (Å²) < 4.78 is 0. The fourth-order valence-electron chi connectivity index (χ4n) is 4.64. The van der Waals surface area contributed by atoms with Gasteiger partial charge >= 0.3 is 0 Å². The number of benzene rings is 2. The molecular formula is C24H24N6S. The minimum absolute atomic E-state index is 0.00122. The number of hydrogen-bond donors (Lipinski definition) is 2. The smallest absolute Gasteiger partial charge is 0.223 e. The molecule has 31 heavy (non-hydrogen) atoms. The number of fused-ring (bicyclic) bond motifs is 2. The molecule has 0 bridgehead atoms. The van der Waals surface area contributed by atoms with Crippen molar-refractivity contribution in [2.45, 2.75) is 31.0 Å². The third-order valence-electron chi connectivity index (χ3n) is 6.23. The average Bonchev–Trinajstić information content (AvgIpc) is 3.41. The first-order chi connectivity index (χ1) is 15.3. The molecule has 2 aromatic carbocycles. The molecule has 2 N–H and O–H groups in total. The molecule has 2 unspecified atom stereocenters. The molecule has 1 fully saturated rings. The van der Waals surface area contributed by atoms with Gasteiger partial charge in [-0.15, -0.1) is 0 Å². The van der Waals surface area contributed by atoms with Gasteiger partial charge in [-0.1, -0.05) is 48.2 Å². The van der Waals surface area contributed by atoms with Crippen LogP contribution >= 0.6 is 11.8 Å². The summed E-state index contributed by atoms with van der Waals surface area (Å²) in [4.78, 5) is 16.8. The third kappa shape index (κ3) is 3.58. The molecule has 3 aliphatic rings. The molecule has 6 rings (SSSR count). The Morgan fingerprint density at radius 1 is 1.03 bits per heavy atom. The van der Waals surface area contributed by atoms with Crippen molar-refractivity contribution < 1.29 is 0 Å². The number of anilines is 1. The maximum absolute atomic E-state index is 5.08. The number of hydrogen-bond acceptors (Lipinski definition) is 7. The minimum Gasteiger partial charge on any atom is -0.351 e. The zero-order chi connectivity index (χ0) is 20.6. The lowest BCUT2D eigenvalue weighted by atomic mass is 9.95. The van der Waals surface area contributed by atoms with Crippen LogP contribution in [-0.4, -0.2) is 39.2 Å². The topological polar surface area (TPSA) is 65.4 Å². The van der Waals surface area contributed by atoms with E-state index in [0.29, 0.717) is 12.0 Å². The Balaban J connectivity index is 1.35. The second kappa shape index (κ2) is 7.98. The molecular weight excluding hydrogens is 404 g/mol. The normalized spacial score (nSPS) is 23.2. The summed E-state index contributed by atoms with van der Waals surface area (Å²) in [6.07, 6.45) is 6.18. The number of nitrogens with one attached hydrogen (secondary N) is 2. The largest absolute Gasteiger partial charge is 0.351 e. The second-order valence-electron chi connectivity index (χ2n) is 8.19. The zero-order valence-electron chi connectivity index (χ0n) is 17.1. The van der Waals surface area contributed by atoms with Crippen LogP contribution in [0, 0.1) is 0 Å². The van der Waals surface area contributed by atoms with E-state index in [-0.39, 0.29) is 12.1 Å². The number of nitrogens with zero attached hydrogens (tertiary/aromatic N) is 4. The van der Waals surface area contributed by atoms with Crippen molar-refractivity contribution in [3.05, 3.63) is 77.6 Å². The molecule has 6 nitrogen and oxygen atoms in total. The van der Waals surface area contributed by atoms with Gasteiger partial charge in [0, 0.05) is 18.4 Å². The van der Waals surface area contributed by atoms with E-state index in [1.54, 1.807) is 11.8 Å². The maximum Gasteiger partial charge on any atom is 0.223 e. The van der Waals surface area contributed by atoms with Gasteiger partial charge in [0.25, 0.3) is 0 Å². The maximum atomic E-state index is 5.08. The SMILES string of the molecule is C1=CN2C(=NC(c3ccc4ccccc4c3)C2c2ccnc(NC3CCNCC3)n2)S1. The van der Waals surface area contributed by atoms with E-state index in [9.17, 15) is 0 Å². The number of aliphatic imine (C=N–C) groups is 1. The standard InChI is InChI=1S/C24H24N6S/c1-2-4-17-15-18(6-5-16(17)3-1)21-22(30-13-14-31-24(30)29-21)20-9-12-26-23(28-20)27-19-7-10-25-11-8-19/h1-6,9,12-15,19,21-22,25H,7-8,10-11H2,(H,26,27,28). The first kappa shape index (κ1) is 18.8. The van der Waals surface area contributed by atoms with Crippen molar-refractivity contribution >= 4 is 33.7 Å². The quantitative estimate of drug-likeness (QED) is 0.639. The van der Waals surface area contributed by atoms with Gasteiger partial charge in [-0.3, -0.25) is 4.99 Å². The third-order valence-corrected chi connectivity index (χ3v) is 7.02. The van der Waals surface area contributed by atoms with Crippen LogP contribution in [0.4, 0.5) is 5.95 Å². The minimum atomic E-state index is -0.00122. The van der Waals surface area contributed by atoms with Crippen LogP contribution < -0.4 is 10.6 Å². The Labute approximate surface area is 185 Å². The molecule has 0 spiro atoms.